The van der Waals surface area contributed by atoms with Crippen molar-refractivity contribution < 1.29 is 23.5 Å². The van der Waals surface area contributed by atoms with Crippen LogP contribution in [0.15, 0.2) is 57.7 Å². The van der Waals surface area contributed by atoms with Crippen LogP contribution in [0.25, 0.3) is 11.0 Å². The second-order valence-corrected chi connectivity index (χ2v) is 7.08. The summed E-state index contributed by atoms with van der Waals surface area (Å²) < 4.78 is 10.6. The molecule has 2 heterocycles. The molecule has 0 saturated heterocycles. The van der Waals surface area contributed by atoms with E-state index in [1.807, 2.05) is 19.1 Å². The lowest BCUT2D eigenvalue weighted by Gasteiger charge is -2.21. The van der Waals surface area contributed by atoms with Crippen LogP contribution in [0, 0.1) is 0 Å². The Balaban J connectivity index is 1.54. The zero-order chi connectivity index (χ0) is 21.4. The number of nitrogens with zero attached hydrogens (tertiary/aromatic N) is 1. The molecule has 1 atom stereocenters. The number of rotatable bonds is 5. The molecule has 0 radical (unpaired) electrons. The van der Waals surface area contributed by atoms with E-state index < -0.39 is 29.5 Å². The van der Waals surface area contributed by atoms with Gasteiger partial charge in [0.15, 0.2) is 0 Å². The minimum absolute atomic E-state index is 0.181. The summed E-state index contributed by atoms with van der Waals surface area (Å²) in [5.41, 5.74) is 1.91. The summed E-state index contributed by atoms with van der Waals surface area (Å²) in [5, 5.41) is 0.660. The summed E-state index contributed by atoms with van der Waals surface area (Å²) in [7, 11) is 0. The summed E-state index contributed by atoms with van der Waals surface area (Å²) in [5.74, 6) is -1.80. The lowest BCUT2D eigenvalue weighted by Crippen LogP contribution is -2.43. The summed E-state index contributed by atoms with van der Waals surface area (Å²) in [6.07, 6.45) is 0.788. The number of amides is 2. The molecule has 1 unspecified atom stereocenters. The Hall–Kier alpha value is -3.74. The molecule has 0 saturated carbocycles. The third-order valence-corrected chi connectivity index (χ3v) is 5.23. The predicted molar refractivity (Wildman–Crippen MR) is 108 cm³/mol. The van der Waals surface area contributed by atoms with Crippen molar-refractivity contribution in [1.29, 1.82) is 0 Å². The van der Waals surface area contributed by atoms with Crippen LogP contribution in [0.5, 0.6) is 0 Å². The molecular formula is C23H19NO6. The van der Waals surface area contributed by atoms with Gasteiger partial charge in [0.05, 0.1) is 11.1 Å². The van der Waals surface area contributed by atoms with Crippen molar-refractivity contribution in [3.05, 3.63) is 81.2 Å². The molecule has 2 aromatic carbocycles. The van der Waals surface area contributed by atoms with Gasteiger partial charge >= 0.3 is 11.6 Å². The van der Waals surface area contributed by atoms with E-state index in [-0.39, 0.29) is 17.7 Å². The van der Waals surface area contributed by atoms with Gasteiger partial charge < -0.3 is 9.15 Å². The topological polar surface area (TPSA) is 93.9 Å². The molecule has 0 N–H and O–H groups in total. The average Bonchev–Trinajstić information content (AvgIpc) is 3.01. The molecule has 1 aromatic heterocycles. The Labute approximate surface area is 171 Å². The molecule has 1 aliphatic rings. The highest BCUT2D eigenvalue weighted by Gasteiger charge is 2.41. The standard InChI is InChI=1S/C23H19NO6/c1-3-14-8-9-16-15(11-20(25)30-19(16)10-14)12-29-23(28)13(2)24-21(26)17-6-4-5-7-18(17)22(24)27/h4-11,13H,3,12H2,1-2H3. The zero-order valence-electron chi connectivity index (χ0n) is 16.5. The number of fused-ring (bicyclic) bond motifs is 2. The second kappa shape index (κ2) is 7.59. The first-order chi connectivity index (χ1) is 14.4. The number of carbonyl (C=O) groups excluding carboxylic acids is 3. The molecule has 0 spiro atoms. The lowest BCUT2D eigenvalue weighted by molar-refractivity contribution is -0.149. The first-order valence-corrected chi connectivity index (χ1v) is 9.60. The van der Waals surface area contributed by atoms with Gasteiger partial charge in [0.25, 0.3) is 11.8 Å². The van der Waals surface area contributed by atoms with Crippen molar-refractivity contribution in [2.24, 2.45) is 0 Å². The van der Waals surface area contributed by atoms with Crippen LogP contribution in [-0.2, 0) is 22.6 Å². The van der Waals surface area contributed by atoms with Crippen LogP contribution in [0.4, 0.5) is 0 Å². The van der Waals surface area contributed by atoms with E-state index in [4.69, 9.17) is 9.15 Å². The van der Waals surface area contributed by atoms with Gasteiger partial charge in [-0.1, -0.05) is 31.2 Å². The van der Waals surface area contributed by atoms with Gasteiger partial charge in [-0.2, -0.15) is 0 Å². The zero-order valence-corrected chi connectivity index (χ0v) is 16.5. The number of hydrogen-bond acceptors (Lipinski definition) is 6. The third-order valence-electron chi connectivity index (χ3n) is 5.23. The summed E-state index contributed by atoms with van der Waals surface area (Å²) >= 11 is 0. The van der Waals surface area contributed by atoms with E-state index >= 15 is 0 Å². The first-order valence-electron chi connectivity index (χ1n) is 9.60. The van der Waals surface area contributed by atoms with Gasteiger partial charge in [0.2, 0.25) is 0 Å². The predicted octanol–water partition coefficient (Wildman–Crippen LogP) is 3.08. The van der Waals surface area contributed by atoms with Crippen LogP contribution < -0.4 is 5.63 Å². The SMILES string of the molecule is CCc1ccc2c(COC(=O)C(C)N3C(=O)c4ccccc4C3=O)cc(=O)oc2c1. The largest absolute Gasteiger partial charge is 0.459 e. The number of ether oxygens (including phenoxy) is 1. The van der Waals surface area contributed by atoms with Gasteiger partial charge in [-0.3, -0.25) is 14.5 Å². The van der Waals surface area contributed by atoms with Crippen LogP contribution in [0.2, 0.25) is 0 Å². The van der Waals surface area contributed by atoms with Crippen molar-refractivity contribution in [2.45, 2.75) is 32.9 Å². The molecule has 2 amide bonds. The highest BCUT2D eigenvalue weighted by atomic mass is 16.5. The van der Waals surface area contributed by atoms with Gasteiger partial charge in [0.1, 0.15) is 18.2 Å². The fourth-order valence-corrected chi connectivity index (χ4v) is 3.55. The van der Waals surface area contributed by atoms with Gasteiger partial charge in [-0.15, -0.1) is 0 Å². The highest BCUT2D eigenvalue weighted by Crippen LogP contribution is 2.25. The normalized spacial score (nSPS) is 14.1. The number of imide groups is 1. The monoisotopic (exact) mass is 405 g/mol. The fraction of sp³-hybridized carbons (Fsp3) is 0.217. The molecule has 7 heteroatoms. The van der Waals surface area contributed by atoms with Crippen molar-refractivity contribution in [1.82, 2.24) is 4.90 Å². The minimum Gasteiger partial charge on any atom is -0.459 e. The Morgan fingerprint density at radius 3 is 2.33 bits per heavy atom. The maximum Gasteiger partial charge on any atom is 0.336 e. The van der Waals surface area contributed by atoms with Crippen LogP contribution in [0.1, 0.15) is 45.7 Å². The van der Waals surface area contributed by atoms with Crippen molar-refractivity contribution in [2.75, 3.05) is 0 Å². The maximum atomic E-state index is 12.6. The minimum atomic E-state index is -1.10. The maximum absolute atomic E-state index is 12.6. The first kappa shape index (κ1) is 19.6. The van der Waals surface area contributed by atoms with Gasteiger partial charge in [-0.25, -0.2) is 9.59 Å². The molecule has 3 aromatic rings. The number of esters is 1. The second-order valence-electron chi connectivity index (χ2n) is 7.08. The van der Waals surface area contributed by atoms with E-state index in [0.29, 0.717) is 16.5 Å². The number of hydrogen-bond donors (Lipinski definition) is 0. The summed E-state index contributed by atoms with van der Waals surface area (Å²) in [4.78, 5) is 50.5. The molecule has 152 valence electrons. The molecule has 0 bridgehead atoms. The Morgan fingerprint density at radius 1 is 1.03 bits per heavy atom. The fourth-order valence-electron chi connectivity index (χ4n) is 3.55. The Bertz CT molecular complexity index is 1210. The van der Waals surface area contributed by atoms with E-state index in [1.165, 1.54) is 13.0 Å². The van der Waals surface area contributed by atoms with E-state index in [9.17, 15) is 19.2 Å². The summed E-state index contributed by atoms with van der Waals surface area (Å²) in [6, 6.07) is 12.1. The quantitative estimate of drug-likeness (QED) is 0.368. The smallest absolute Gasteiger partial charge is 0.336 e. The summed E-state index contributed by atoms with van der Waals surface area (Å²) in [6.45, 7) is 3.25. The average molecular weight is 405 g/mol. The Kier molecular flexibility index (Phi) is 4.95. The number of carbonyl (C=O) groups is 3. The van der Waals surface area contributed by atoms with Crippen molar-refractivity contribution in [3.63, 3.8) is 0 Å². The van der Waals surface area contributed by atoms with Gasteiger partial charge in [0, 0.05) is 17.0 Å². The molecule has 4 rings (SSSR count). The van der Waals surface area contributed by atoms with E-state index in [2.05, 4.69) is 0 Å². The van der Waals surface area contributed by atoms with Crippen LogP contribution in [-0.4, -0.2) is 28.7 Å². The Morgan fingerprint density at radius 2 is 1.70 bits per heavy atom. The number of benzene rings is 2. The third kappa shape index (κ3) is 3.28. The molecule has 0 aliphatic carbocycles. The molecule has 0 fully saturated rings. The van der Waals surface area contributed by atoms with E-state index in [0.717, 1.165) is 16.9 Å². The van der Waals surface area contributed by atoms with Crippen LogP contribution >= 0.6 is 0 Å². The van der Waals surface area contributed by atoms with E-state index in [1.54, 1.807) is 30.3 Å². The highest BCUT2D eigenvalue weighted by molar-refractivity contribution is 6.22. The molecular weight excluding hydrogens is 386 g/mol. The van der Waals surface area contributed by atoms with Crippen molar-refractivity contribution in [3.8, 4) is 0 Å². The van der Waals surface area contributed by atoms with Gasteiger partial charge in [-0.05, 0) is 37.1 Å². The molecule has 1 aliphatic heterocycles. The molecule has 7 nitrogen and oxygen atoms in total. The van der Waals surface area contributed by atoms with Crippen LogP contribution in [0.3, 0.4) is 0 Å². The van der Waals surface area contributed by atoms with Crippen molar-refractivity contribution >= 4 is 28.8 Å². The lowest BCUT2D eigenvalue weighted by atomic mass is 10.1. The molecule has 30 heavy (non-hydrogen) atoms. The number of aryl methyl sites for hydroxylation is 1.